The summed E-state index contributed by atoms with van der Waals surface area (Å²) in [4.78, 5) is 10.2. The predicted octanol–water partition coefficient (Wildman–Crippen LogP) is 3.30. The van der Waals surface area contributed by atoms with Crippen LogP contribution in [0.5, 0.6) is 0 Å². The number of fused-ring (bicyclic) bond motifs is 1. The van der Waals surface area contributed by atoms with Gasteiger partial charge in [0, 0.05) is 33.3 Å². The highest BCUT2D eigenvalue weighted by molar-refractivity contribution is 9.10. The Morgan fingerprint density at radius 3 is 3.06 bits per heavy atom. The molecule has 1 aliphatic rings. The Labute approximate surface area is 112 Å². The molecule has 0 saturated heterocycles. The van der Waals surface area contributed by atoms with Crippen LogP contribution < -0.4 is 5.73 Å². The van der Waals surface area contributed by atoms with E-state index in [9.17, 15) is 0 Å². The third-order valence-corrected chi connectivity index (χ3v) is 4.56. The maximum absolute atomic E-state index is 6.09. The third kappa shape index (κ3) is 2.14. The molecule has 0 amide bonds. The first-order valence-corrected chi connectivity index (χ1v) is 7.21. The van der Waals surface area contributed by atoms with Gasteiger partial charge in [0.2, 0.25) is 0 Å². The summed E-state index contributed by atoms with van der Waals surface area (Å²) in [5.41, 5.74) is 8.24. The number of aromatic nitrogens is 2. The molecular weight excluding hydrogens is 298 g/mol. The van der Waals surface area contributed by atoms with Gasteiger partial charge in [-0.1, -0.05) is 0 Å². The second kappa shape index (κ2) is 4.48. The molecule has 2 heterocycles. The molecule has 1 atom stereocenters. The van der Waals surface area contributed by atoms with Crippen molar-refractivity contribution in [3.8, 4) is 10.6 Å². The summed E-state index contributed by atoms with van der Waals surface area (Å²) in [6, 6.07) is 2.16. The molecule has 1 unspecified atom stereocenters. The number of nitrogens with zero attached hydrogens (tertiary/aromatic N) is 2. The molecular formula is C12H12BrN3S. The Hall–Kier alpha value is -0.780. The Bertz CT molecular complexity index is 552. The molecule has 0 fully saturated rings. The van der Waals surface area contributed by atoms with Crippen LogP contribution in [0.3, 0.4) is 0 Å². The molecule has 17 heavy (non-hydrogen) atoms. The number of pyridine rings is 1. The van der Waals surface area contributed by atoms with E-state index in [0.717, 1.165) is 33.6 Å². The fraction of sp³-hybridized carbons (Fsp3) is 0.333. The summed E-state index contributed by atoms with van der Waals surface area (Å²) in [6.07, 6.45) is 6.96. The highest BCUT2D eigenvalue weighted by atomic mass is 79.9. The standard InChI is InChI=1S/C12H12BrN3S/c13-8-4-7(5-15-6-8)12-16-11-9(14)2-1-3-10(11)17-12/h4-6,9H,1-3,14H2. The van der Waals surface area contributed by atoms with Gasteiger partial charge in [0.05, 0.1) is 5.69 Å². The van der Waals surface area contributed by atoms with Crippen molar-refractivity contribution < 1.29 is 0 Å². The highest BCUT2D eigenvalue weighted by Crippen LogP contribution is 2.36. The Morgan fingerprint density at radius 1 is 1.41 bits per heavy atom. The summed E-state index contributed by atoms with van der Waals surface area (Å²) in [5.74, 6) is 0. The number of halogens is 1. The molecule has 3 nitrogen and oxygen atoms in total. The lowest BCUT2D eigenvalue weighted by Crippen LogP contribution is -2.16. The van der Waals surface area contributed by atoms with E-state index < -0.39 is 0 Å². The smallest absolute Gasteiger partial charge is 0.125 e. The van der Waals surface area contributed by atoms with Gasteiger partial charge >= 0.3 is 0 Å². The van der Waals surface area contributed by atoms with Gasteiger partial charge in [-0.3, -0.25) is 4.98 Å². The monoisotopic (exact) mass is 309 g/mol. The average Bonchev–Trinajstić information content (AvgIpc) is 2.74. The van der Waals surface area contributed by atoms with Gasteiger partial charge in [-0.15, -0.1) is 11.3 Å². The summed E-state index contributed by atoms with van der Waals surface area (Å²) >= 11 is 5.18. The van der Waals surface area contributed by atoms with Crippen LogP contribution >= 0.6 is 27.3 Å². The largest absolute Gasteiger partial charge is 0.323 e. The lowest BCUT2D eigenvalue weighted by Gasteiger charge is -2.15. The SMILES string of the molecule is NC1CCCc2sc(-c3cncc(Br)c3)nc21. The maximum atomic E-state index is 6.09. The molecule has 1 aliphatic carbocycles. The van der Waals surface area contributed by atoms with Crippen molar-refractivity contribution in [2.45, 2.75) is 25.3 Å². The average molecular weight is 310 g/mol. The number of hydrogen-bond donors (Lipinski definition) is 1. The van der Waals surface area contributed by atoms with E-state index in [2.05, 4.69) is 25.9 Å². The molecule has 2 aromatic rings. The first-order valence-electron chi connectivity index (χ1n) is 5.60. The zero-order valence-electron chi connectivity index (χ0n) is 9.19. The van der Waals surface area contributed by atoms with Crippen molar-refractivity contribution in [2.75, 3.05) is 0 Å². The minimum absolute atomic E-state index is 0.115. The second-order valence-corrected chi connectivity index (χ2v) is 6.22. The van der Waals surface area contributed by atoms with Gasteiger partial charge in [0.1, 0.15) is 5.01 Å². The van der Waals surface area contributed by atoms with Crippen LogP contribution in [-0.4, -0.2) is 9.97 Å². The number of aryl methyl sites for hydroxylation is 1. The Balaban J connectivity index is 2.05. The lowest BCUT2D eigenvalue weighted by atomic mass is 9.99. The molecule has 0 spiro atoms. The molecule has 88 valence electrons. The van der Waals surface area contributed by atoms with Gasteiger partial charge in [-0.2, -0.15) is 0 Å². The van der Waals surface area contributed by atoms with Gasteiger partial charge in [-0.05, 0) is 41.3 Å². The minimum Gasteiger partial charge on any atom is -0.323 e. The van der Waals surface area contributed by atoms with Gasteiger partial charge in [0.25, 0.3) is 0 Å². The number of rotatable bonds is 1. The molecule has 2 N–H and O–H groups in total. The van der Waals surface area contributed by atoms with Crippen molar-refractivity contribution in [3.63, 3.8) is 0 Å². The molecule has 0 radical (unpaired) electrons. The van der Waals surface area contributed by atoms with Crippen molar-refractivity contribution in [1.29, 1.82) is 0 Å². The summed E-state index contributed by atoms with van der Waals surface area (Å²) < 4.78 is 0.979. The fourth-order valence-corrected chi connectivity index (χ4v) is 3.62. The third-order valence-electron chi connectivity index (χ3n) is 2.95. The van der Waals surface area contributed by atoms with Crippen molar-refractivity contribution in [2.24, 2.45) is 5.73 Å². The van der Waals surface area contributed by atoms with Crippen molar-refractivity contribution in [3.05, 3.63) is 33.5 Å². The van der Waals surface area contributed by atoms with Gasteiger partial charge in [-0.25, -0.2) is 4.98 Å². The highest BCUT2D eigenvalue weighted by Gasteiger charge is 2.22. The van der Waals surface area contributed by atoms with Crippen LogP contribution in [-0.2, 0) is 6.42 Å². The summed E-state index contributed by atoms with van der Waals surface area (Å²) in [7, 11) is 0. The van der Waals surface area contributed by atoms with E-state index in [4.69, 9.17) is 5.73 Å². The fourth-order valence-electron chi connectivity index (χ4n) is 2.10. The summed E-state index contributed by atoms with van der Waals surface area (Å²) in [5, 5.41) is 1.03. The molecule has 0 bridgehead atoms. The van der Waals surface area contributed by atoms with Gasteiger partial charge in [0.15, 0.2) is 0 Å². The first kappa shape index (κ1) is 11.3. The second-order valence-electron chi connectivity index (χ2n) is 4.22. The van der Waals surface area contributed by atoms with Crippen LogP contribution in [0, 0.1) is 0 Å². The van der Waals surface area contributed by atoms with Crippen LogP contribution in [0.4, 0.5) is 0 Å². The Kier molecular flexibility index (Phi) is 2.98. The van der Waals surface area contributed by atoms with Crippen LogP contribution in [0.1, 0.15) is 29.5 Å². The zero-order valence-corrected chi connectivity index (χ0v) is 11.6. The molecule has 3 rings (SSSR count). The quantitative estimate of drug-likeness (QED) is 0.879. The molecule has 2 aromatic heterocycles. The minimum atomic E-state index is 0.115. The lowest BCUT2D eigenvalue weighted by molar-refractivity contribution is 0.564. The van der Waals surface area contributed by atoms with Crippen LogP contribution in [0.15, 0.2) is 22.9 Å². The zero-order chi connectivity index (χ0) is 11.8. The van der Waals surface area contributed by atoms with Crippen LogP contribution in [0.25, 0.3) is 10.6 Å². The molecule has 0 aromatic carbocycles. The van der Waals surface area contributed by atoms with Gasteiger partial charge < -0.3 is 5.73 Å². The molecule has 0 aliphatic heterocycles. The topological polar surface area (TPSA) is 51.8 Å². The van der Waals surface area contributed by atoms with Crippen molar-refractivity contribution >= 4 is 27.3 Å². The maximum Gasteiger partial charge on any atom is 0.125 e. The van der Waals surface area contributed by atoms with E-state index in [-0.39, 0.29) is 6.04 Å². The first-order chi connectivity index (χ1) is 8.24. The molecule has 0 saturated carbocycles. The normalized spacial score (nSPS) is 19.1. The number of hydrogen-bond acceptors (Lipinski definition) is 4. The van der Waals surface area contributed by atoms with E-state index in [1.807, 2.05) is 12.3 Å². The summed E-state index contributed by atoms with van der Waals surface area (Å²) in [6.45, 7) is 0. The van der Waals surface area contributed by atoms with Crippen LogP contribution in [0.2, 0.25) is 0 Å². The number of nitrogens with two attached hydrogens (primary N) is 1. The van der Waals surface area contributed by atoms with Crippen molar-refractivity contribution in [1.82, 2.24) is 9.97 Å². The molecule has 5 heteroatoms. The predicted molar refractivity (Wildman–Crippen MR) is 72.9 cm³/mol. The van der Waals surface area contributed by atoms with E-state index in [0.29, 0.717) is 0 Å². The number of thiazole rings is 1. The van der Waals surface area contributed by atoms with E-state index in [1.54, 1.807) is 17.5 Å². The van der Waals surface area contributed by atoms with E-state index in [1.165, 1.54) is 11.3 Å². The Morgan fingerprint density at radius 2 is 2.29 bits per heavy atom. The van der Waals surface area contributed by atoms with E-state index >= 15 is 0 Å².